The van der Waals surface area contributed by atoms with Crippen LogP contribution in [0.3, 0.4) is 0 Å². The number of hydrogen-bond acceptors (Lipinski definition) is 4. The maximum Gasteiger partial charge on any atom is 0.195 e. The van der Waals surface area contributed by atoms with Crippen molar-refractivity contribution >= 4 is 11.3 Å². The van der Waals surface area contributed by atoms with Crippen molar-refractivity contribution < 1.29 is 10.8 Å². The predicted molar refractivity (Wildman–Crippen MR) is 41.5 cm³/mol. The van der Waals surface area contributed by atoms with Gasteiger partial charge in [-0.05, 0) is 6.92 Å². The van der Waals surface area contributed by atoms with Crippen molar-refractivity contribution in [3.63, 3.8) is 0 Å². The minimum Gasteiger partial charge on any atom is -0.345 e. The molecular weight excluding hydrogens is 162 g/mol. The van der Waals surface area contributed by atoms with Gasteiger partial charge in [0.25, 0.3) is 0 Å². The van der Waals surface area contributed by atoms with Crippen molar-refractivity contribution in [1.82, 2.24) is 4.98 Å². The molecule has 1 aromatic heterocycles. The van der Waals surface area contributed by atoms with E-state index >= 15 is 0 Å². The second-order valence-electron chi connectivity index (χ2n) is 2.33. The zero-order chi connectivity index (χ0) is 8.55. The van der Waals surface area contributed by atoms with Gasteiger partial charge in [0.1, 0.15) is 0 Å². The Hall–Kier alpha value is -0.450. The molecule has 1 saturated heterocycles. The van der Waals surface area contributed by atoms with Gasteiger partial charge in [-0.25, -0.2) is 4.98 Å². The zero-order valence-electron chi connectivity index (χ0n) is 7.16. The van der Waals surface area contributed by atoms with E-state index in [1.54, 1.807) is 0 Å². The second kappa shape index (κ2) is 2.89. The molecule has 0 saturated carbocycles. The van der Waals surface area contributed by atoms with Gasteiger partial charge in [0.15, 0.2) is 6.29 Å². The molecule has 3 nitrogen and oxygen atoms in total. The van der Waals surface area contributed by atoms with Gasteiger partial charge in [-0.1, -0.05) is 0 Å². The SMILES string of the molecule is [2H]c1nc(C)c(C2OCCO2)s1. The summed E-state index contributed by atoms with van der Waals surface area (Å²) in [5, 5.41) is 0. The van der Waals surface area contributed by atoms with Crippen LogP contribution in [-0.4, -0.2) is 18.2 Å². The van der Waals surface area contributed by atoms with Crippen LogP contribution in [0.15, 0.2) is 5.49 Å². The summed E-state index contributed by atoms with van der Waals surface area (Å²) in [7, 11) is 0. The number of thiazole rings is 1. The smallest absolute Gasteiger partial charge is 0.195 e. The summed E-state index contributed by atoms with van der Waals surface area (Å²) in [5.41, 5.74) is 1.17. The van der Waals surface area contributed by atoms with Gasteiger partial charge in [-0.2, -0.15) is 0 Å². The highest BCUT2D eigenvalue weighted by atomic mass is 32.1. The van der Waals surface area contributed by atoms with Gasteiger partial charge >= 0.3 is 0 Å². The standard InChI is InChI=1S/C7H9NO2S/c1-5-6(11-4-8-5)7-9-2-3-10-7/h4,7H,2-3H2,1H3/i4D. The summed E-state index contributed by atoms with van der Waals surface area (Å²) >= 11 is 1.32. The molecule has 0 amide bonds. The normalized spacial score (nSPS) is 20.6. The molecule has 60 valence electrons. The first-order chi connectivity index (χ1) is 5.77. The molecule has 0 bridgehead atoms. The summed E-state index contributed by atoms with van der Waals surface area (Å²) in [5.74, 6) is 0. The number of ether oxygens (including phenoxy) is 2. The average Bonchev–Trinajstić information content (AvgIpc) is 2.58. The largest absolute Gasteiger partial charge is 0.345 e. The lowest BCUT2D eigenvalue weighted by Gasteiger charge is -2.05. The molecule has 4 heteroatoms. The molecule has 0 aliphatic carbocycles. The van der Waals surface area contributed by atoms with Gasteiger partial charge < -0.3 is 9.47 Å². The van der Waals surface area contributed by atoms with Crippen LogP contribution in [0.5, 0.6) is 0 Å². The summed E-state index contributed by atoms with van der Waals surface area (Å²) in [4.78, 5) is 4.91. The molecule has 1 aliphatic heterocycles. The van der Waals surface area contributed by atoms with Crippen LogP contribution < -0.4 is 0 Å². The minimum absolute atomic E-state index is 0.276. The number of hydrogen-bond donors (Lipinski definition) is 0. The van der Waals surface area contributed by atoms with Crippen LogP contribution in [0.1, 0.15) is 18.2 Å². The molecule has 0 aromatic carbocycles. The van der Waals surface area contributed by atoms with Crippen LogP contribution in [0.4, 0.5) is 0 Å². The number of aryl methyl sites for hydroxylation is 1. The van der Waals surface area contributed by atoms with Crippen molar-refractivity contribution in [2.24, 2.45) is 0 Å². The van der Waals surface area contributed by atoms with Gasteiger partial charge in [0.2, 0.25) is 0 Å². The van der Waals surface area contributed by atoms with Crippen molar-refractivity contribution in [2.75, 3.05) is 13.2 Å². The molecule has 11 heavy (non-hydrogen) atoms. The van der Waals surface area contributed by atoms with Crippen LogP contribution in [0, 0.1) is 6.92 Å². The molecule has 1 aliphatic rings. The molecule has 2 heterocycles. The molecule has 0 N–H and O–H groups in total. The third-order valence-corrected chi connectivity index (χ3v) is 2.45. The van der Waals surface area contributed by atoms with E-state index < -0.39 is 0 Å². The van der Waals surface area contributed by atoms with Crippen molar-refractivity contribution in [2.45, 2.75) is 13.2 Å². The quantitative estimate of drug-likeness (QED) is 0.643. The Morgan fingerprint density at radius 2 is 2.45 bits per heavy atom. The van der Waals surface area contributed by atoms with E-state index in [9.17, 15) is 0 Å². The molecule has 1 aromatic rings. The Morgan fingerprint density at radius 1 is 1.73 bits per heavy atom. The average molecular weight is 172 g/mol. The highest BCUT2D eigenvalue weighted by Crippen LogP contribution is 2.28. The molecule has 2 rings (SSSR count). The van der Waals surface area contributed by atoms with Gasteiger partial charge in [-0.15, -0.1) is 11.3 Å². The molecule has 0 spiro atoms. The number of aromatic nitrogens is 1. The third kappa shape index (κ3) is 1.29. The van der Waals surface area contributed by atoms with E-state index in [4.69, 9.17) is 10.8 Å². The first kappa shape index (κ1) is 6.11. The van der Waals surface area contributed by atoms with Gasteiger partial charge in [0.05, 0.1) is 30.6 Å². The first-order valence-electron chi connectivity index (χ1n) is 3.94. The Bertz CT molecular complexity index is 283. The summed E-state index contributed by atoms with van der Waals surface area (Å²) < 4.78 is 17.9. The molecule has 0 unspecified atom stereocenters. The fourth-order valence-electron chi connectivity index (χ4n) is 0.998. The number of rotatable bonds is 1. The second-order valence-corrected chi connectivity index (χ2v) is 3.15. The predicted octanol–water partition coefficient (Wildman–Crippen LogP) is 1.50. The fourth-order valence-corrected chi connectivity index (χ4v) is 1.70. The zero-order valence-corrected chi connectivity index (χ0v) is 6.98. The highest BCUT2D eigenvalue weighted by Gasteiger charge is 2.21. The monoisotopic (exact) mass is 172 g/mol. The van der Waals surface area contributed by atoms with Crippen molar-refractivity contribution in [3.8, 4) is 0 Å². The van der Waals surface area contributed by atoms with E-state index in [1.165, 1.54) is 11.3 Å². The summed E-state index contributed by atoms with van der Waals surface area (Å²) in [6.07, 6.45) is -0.276. The van der Waals surface area contributed by atoms with Gasteiger partial charge in [0, 0.05) is 0 Å². The van der Waals surface area contributed by atoms with E-state index in [-0.39, 0.29) is 6.29 Å². The van der Waals surface area contributed by atoms with E-state index in [2.05, 4.69) is 4.98 Å². The first-order valence-corrected chi connectivity index (χ1v) is 4.26. The van der Waals surface area contributed by atoms with E-state index in [1.807, 2.05) is 6.92 Å². The lowest BCUT2D eigenvalue weighted by Crippen LogP contribution is -1.96. The van der Waals surface area contributed by atoms with Crippen LogP contribution in [0.2, 0.25) is 0 Å². The number of nitrogens with zero attached hydrogens (tertiary/aromatic N) is 1. The fraction of sp³-hybridized carbons (Fsp3) is 0.571. The maximum atomic E-state index is 7.32. The van der Waals surface area contributed by atoms with Crippen molar-refractivity contribution in [1.29, 1.82) is 0 Å². The minimum atomic E-state index is -0.276. The van der Waals surface area contributed by atoms with Crippen LogP contribution in [0.25, 0.3) is 0 Å². The van der Waals surface area contributed by atoms with E-state index in [0.29, 0.717) is 18.7 Å². The Morgan fingerprint density at radius 3 is 3.00 bits per heavy atom. The molecule has 0 atom stereocenters. The highest BCUT2D eigenvalue weighted by molar-refractivity contribution is 7.09. The van der Waals surface area contributed by atoms with Crippen LogP contribution >= 0.6 is 11.3 Å². The Labute approximate surface area is 70.4 Å². The van der Waals surface area contributed by atoms with E-state index in [0.717, 1.165) is 10.6 Å². The summed E-state index contributed by atoms with van der Waals surface area (Å²) in [6, 6.07) is 0. The van der Waals surface area contributed by atoms with Crippen molar-refractivity contribution in [3.05, 3.63) is 16.1 Å². The Kier molecular flexibility index (Phi) is 1.60. The van der Waals surface area contributed by atoms with Crippen LogP contribution in [-0.2, 0) is 9.47 Å². The lowest BCUT2D eigenvalue weighted by atomic mass is 10.4. The summed E-state index contributed by atoms with van der Waals surface area (Å²) in [6.45, 7) is 3.14. The third-order valence-electron chi connectivity index (χ3n) is 1.56. The molecular formula is C7H9NO2S. The molecule has 0 radical (unpaired) electrons. The Balaban J connectivity index is 2.25. The maximum absolute atomic E-state index is 7.32. The topological polar surface area (TPSA) is 31.4 Å². The molecule has 1 fully saturated rings. The van der Waals surface area contributed by atoms with Gasteiger partial charge in [-0.3, -0.25) is 0 Å². The lowest BCUT2D eigenvalue weighted by molar-refractivity contribution is -0.0418.